The molecule has 0 radical (unpaired) electrons. The molecule has 2 atom stereocenters. The zero-order chi connectivity index (χ0) is 17.2. The van der Waals surface area contributed by atoms with Crippen molar-refractivity contribution in [1.29, 1.82) is 0 Å². The van der Waals surface area contributed by atoms with E-state index in [1.54, 1.807) is 18.3 Å². The number of amides is 1. The third kappa shape index (κ3) is 3.69. The number of fused-ring (bicyclic) bond motifs is 1. The van der Waals surface area contributed by atoms with Gasteiger partial charge >= 0.3 is 0 Å². The van der Waals surface area contributed by atoms with Gasteiger partial charge in [-0.25, -0.2) is 0 Å². The van der Waals surface area contributed by atoms with Gasteiger partial charge in [-0.1, -0.05) is 24.3 Å². The maximum atomic E-state index is 12.5. The summed E-state index contributed by atoms with van der Waals surface area (Å²) in [6.07, 6.45) is 0.973. The van der Waals surface area contributed by atoms with Gasteiger partial charge in [0.2, 0.25) is 5.91 Å². The van der Waals surface area contributed by atoms with Gasteiger partial charge in [0.05, 0.1) is 12.6 Å². The molecule has 0 saturated carbocycles. The average molecular weight is 344 g/mol. The second-order valence-corrected chi connectivity index (χ2v) is 7.45. The largest absolute Gasteiger partial charge is 0.384 e. The van der Waals surface area contributed by atoms with Crippen LogP contribution < -0.4 is 5.32 Å². The van der Waals surface area contributed by atoms with Gasteiger partial charge in [-0.3, -0.25) is 9.69 Å². The van der Waals surface area contributed by atoms with E-state index in [2.05, 4.69) is 28.4 Å². The minimum absolute atomic E-state index is 0.0371. The van der Waals surface area contributed by atoms with E-state index in [0.29, 0.717) is 0 Å². The molecule has 2 aromatic rings. The fraction of sp³-hybridized carbons (Fsp3) is 0.421. The molecule has 2 heterocycles. The van der Waals surface area contributed by atoms with E-state index in [0.717, 1.165) is 25.1 Å². The number of nitrogens with one attached hydrogen (secondary N) is 1. The van der Waals surface area contributed by atoms with Gasteiger partial charge in [0, 0.05) is 13.1 Å². The van der Waals surface area contributed by atoms with E-state index in [-0.39, 0.29) is 18.5 Å². The number of aliphatic hydroxyl groups is 1. The van der Waals surface area contributed by atoms with Crippen LogP contribution in [-0.4, -0.2) is 35.0 Å². The van der Waals surface area contributed by atoms with Crippen molar-refractivity contribution in [2.75, 3.05) is 13.1 Å². The lowest BCUT2D eigenvalue weighted by molar-refractivity contribution is -0.127. The Morgan fingerprint density at radius 1 is 1.38 bits per heavy atom. The van der Waals surface area contributed by atoms with Crippen LogP contribution in [0.5, 0.6) is 0 Å². The van der Waals surface area contributed by atoms with Gasteiger partial charge in [-0.2, -0.15) is 11.3 Å². The maximum Gasteiger partial charge on any atom is 0.237 e. The number of nitrogens with zero attached hydrogens (tertiary/aromatic N) is 1. The minimum atomic E-state index is -1.04. The molecule has 0 aliphatic carbocycles. The van der Waals surface area contributed by atoms with Gasteiger partial charge in [-0.05, 0) is 53.8 Å². The topological polar surface area (TPSA) is 52.6 Å². The van der Waals surface area contributed by atoms with Crippen LogP contribution in [0.3, 0.4) is 0 Å². The second-order valence-electron chi connectivity index (χ2n) is 6.67. The molecule has 0 fully saturated rings. The first-order valence-electron chi connectivity index (χ1n) is 8.31. The van der Waals surface area contributed by atoms with E-state index in [9.17, 15) is 9.90 Å². The van der Waals surface area contributed by atoms with Gasteiger partial charge in [-0.15, -0.1) is 0 Å². The van der Waals surface area contributed by atoms with Crippen molar-refractivity contribution in [2.45, 2.75) is 38.5 Å². The van der Waals surface area contributed by atoms with Gasteiger partial charge in [0.15, 0.2) is 0 Å². The zero-order valence-corrected chi connectivity index (χ0v) is 15.0. The van der Waals surface area contributed by atoms with Crippen LogP contribution in [0.2, 0.25) is 0 Å². The molecule has 128 valence electrons. The van der Waals surface area contributed by atoms with Crippen molar-refractivity contribution in [3.63, 3.8) is 0 Å². The summed E-state index contributed by atoms with van der Waals surface area (Å²) in [6, 6.07) is 10.1. The van der Waals surface area contributed by atoms with Crippen molar-refractivity contribution in [3.8, 4) is 0 Å². The lowest BCUT2D eigenvalue weighted by Crippen LogP contribution is -2.49. The van der Waals surface area contributed by atoms with Crippen LogP contribution in [0.25, 0.3) is 0 Å². The Labute approximate surface area is 147 Å². The zero-order valence-electron chi connectivity index (χ0n) is 14.2. The van der Waals surface area contributed by atoms with E-state index in [4.69, 9.17) is 0 Å². The van der Waals surface area contributed by atoms with Gasteiger partial charge in [0.1, 0.15) is 5.60 Å². The van der Waals surface area contributed by atoms with E-state index < -0.39 is 5.60 Å². The number of hydrogen-bond donors (Lipinski definition) is 2. The number of benzene rings is 1. The Morgan fingerprint density at radius 2 is 2.12 bits per heavy atom. The molecule has 2 N–H and O–H groups in total. The van der Waals surface area contributed by atoms with Gasteiger partial charge < -0.3 is 10.4 Å². The molecule has 1 aliphatic heterocycles. The highest BCUT2D eigenvalue weighted by molar-refractivity contribution is 7.08. The molecule has 0 bridgehead atoms. The summed E-state index contributed by atoms with van der Waals surface area (Å²) in [7, 11) is 0. The molecule has 24 heavy (non-hydrogen) atoms. The first-order chi connectivity index (χ1) is 11.5. The van der Waals surface area contributed by atoms with Crippen LogP contribution in [0, 0.1) is 0 Å². The number of hydrogen-bond acceptors (Lipinski definition) is 4. The predicted octanol–water partition coefficient (Wildman–Crippen LogP) is 2.52. The summed E-state index contributed by atoms with van der Waals surface area (Å²) < 4.78 is 0. The molecule has 3 rings (SSSR count). The van der Waals surface area contributed by atoms with Crippen LogP contribution >= 0.6 is 11.3 Å². The fourth-order valence-corrected chi connectivity index (χ4v) is 3.88. The summed E-state index contributed by atoms with van der Waals surface area (Å²) in [5.74, 6) is -0.0371. The molecule has 0 spiro atoms. The molecule has 5 heteroatoms. The van der Waals surface area contributed by atoms with Crippen molar-refractivity contribution in [3.05, 3.63) is 57.8 Å². The lowest BCUT2D eigenvalue weighted by Gasteiger charge is -2.33. The monoisotopic (exact) mass is 344 g/mol. The quantitative estimate of drug-likeness (QED) is 0.876. The van der Waals surface area contributed by atoms with E-state index >= 15 is 0 Å². The number of rotatable bonds is 5. The first kappa shape index (κ1) is 17.1. The lowest BCUT2D eigenvalue weighted by atomic mass is 9.98. The van der Waals surface area contributed by atoms with Crippen molar-refractivity contribution < 1.29 is 9.90 Å². The van der Waals surface area contributed by atoms with Crippen LogP contribution in [0.4, 0.5) is 0 Å². The van der Waals surface area contributed by atoms with E-state index in [1.807, 2.05) is 29.8 Å². The molecule has 1 aromatic carbocycles. The first-order valence-corrected chi connectivity index (χ1v) is 9.25. The van der Waals surface area contributed by atoms with E-state index in [1.165, 1.54) is 11.1 Å². The summed E-state index contributed by atoms with van der Waals surface area (Å²) in [5.41, 5.74) is 2.48. The van der Waals surface area contributed by atoms with Crippen molar-refractivity contribution >= 4 is 17.2 Å². The third-order valence-electron chi connectivity index (χ3n) is 4.84. The Kier molecular flexibility index (Phi) is 5.04. The average Bonchev–Trinajstić information content (AvgIpc) is 3.14. The molecule has 1 amide bonds. The minimum Gasteiger partial charge on any atom is -0.384 e. The Hall–Kier alpha value is -1.69. The molecule has 2 unspecified atom stereocenters. The predicted molar refractivity (Wildman–Crippen MR) is 96.9 cm³/mol. The Morgan fingerprint density at radius 3 is 2.83 bits per heavy atom. The highest BCUT2D eigenvalue weighted by Crippen LogP contribution is 2.23. The van der Waals surface area contributed by atoms with Crippen LogP contribution in [-0.2, 0) is 23.4 Å². The fourth-order valence-electron chi connectivity index (χ4n) is 3.09. The third-order valence-corrected chi connectivity index (χ3v) is 5.52. The Balaban J connectivity index is 1.58. The van der Waals surface area contributed by atoms with Crippen LogP contribution in [0.15, 0.2) is 41.1 Å². The second kappa shape index (κ2) is 7.05. The number of carbonyl (C=O) groups excluding carboxylic acids is 1. The molecule has 1 aromatic heterocycles. The smallest absolute Gasteiger partial charge is 0.237 e. The standard InChI is InChI=1S/C19H24N2O2S/c1-14(21-9-7-15-5-3-4-6-16(15)11-21)18(22)20-13-19(2,23)17-8-10-24-12-17/h3-6,8,10,12,14,23H,7,9,11,13H2,1-2H3,(H,20,22). The summed E-state index contributed by atoms with van der Waals surface area (Å²) in [5, 5.41) is 17.3. The highest BCUT2D eigenvalue weighted by Gasteiger charge is 2.28. The molecule has 4 nitrogen and oxygen atoms in total. The SMILES string of the molecule is CC(C(=O)NCC(C)(O)c1ccsc1)N1CCc2ccccc2C1. The summed E-state index contributed by atoms with van der Waals surface area (Å²) in [4.78, 5) is 14.7. The molecule has 0 saturated heterocycles. The number of thiophene rings is 1. The molecular weight excluding hydrogens is 320 g/mol. The summed E-state index contributed by atoms with van der Waals surface area (Å²) >= 11 is 1.54. The summed E-state index contributed by atoms with van der Waals surface area (Å²) in [6.45, 7) is 5.56. The highest BCUT2D eigenvalue weighted by atomic mass is 32.1. The normalized spacial score (nSPS) is 18.5. The van der Waals surface area contributed by atoms with Crippen LogP contribution in [0.1, 0.15) is 30.5 Å². The number of carbonyl (C=O) groups is 1. The molecule has 1 aliphatic rings. The Bertz CT molecular complexity index is 697. The van der Waals surface area contributed by atoms with Crippen molar-refractivity contribution in [2.24, 2.45) is 0 Å². The van der Waals surface area contributed by atoms with Gasteiger partial charge in [0.25, 0.3) is 0 Å². The van der Waals surface area contributed by atoms with Crippen molar-refractivity contribution in [1.82, 2.24) is 10.2 Å². The maximum absolute atomic E-state index is 12.5. The molecular formula is C19H24N2O2S.